The van der Waals surface area contributed by atoms with E-state index in [-0.39, 0.29) is 30.8 Å². The van der Waals surface area contributed by atoms with Crippen molar-refractivity contribution in [3.63, 3.8) is 0 Å². The van der Waals surface area contributed by atoms with Crippen molar-refractivity contribution in [3.05, 3.63) is 0 Å². The zero-order valence-corrected chi connectivity index (χ0v) is 9.77. The molecule has 6 heteroatoms. The average molecular weight is 240 g/mol. The zero-order valence-electron chi connectivity index (χ0n) is 9.77. The first-order valence-electron chi connectivity index (χ1n) is 5.88. The lowest BCUT2D eigenvalue weighted by molar-refractivity contribution is -0.142. The molecule has 0 aromatic rings. The Morgan fingerprint density at radius 1 is 1.47 bits per heavy atom. The molecule has 2 amide bonds. The van der Waals surface area contributed by atoms with Crippen molar-refractivity contribution in [1.29, 1.82) is 0 Å². The summed E-state index contributed by atoms with van der Waals surface area (Å²) in [4.78, 5) is 35.9. The van der Waals surface area contributed by atoms with Crippen molar-refractivity contribution in [2.24, 2.45) is 0 Å². The molecule has 17 heavy (non-hydrogen) atoms. The second kappa shape index (κ2) is 4.83. The van der Waals surface area contributed by atoms with E-state index in [0.29, 0.717) is 6.61 Å². The molecule has 0 radical (unpaired) electrons. The number of carbonyl (C=O) groups is 3. The highest BCUT2D eigenvalue weighted by Gasteiger charge is 2.45. The lowest BCUT2D eigenvalue weighted by atomic mass is 10.2. The van der Waals surface area contributed by atoms with Crippen molar-refractivity contribution in [2.45, 2.75) is 38.3 Å². The first-order valence-corrected chi connectivity index (χ1v) is 5.88. The van der Waals surface area contributed by atoms with Crippen LogP contribution in [0.4, 0.5) is 0 Å². The van der Waals surface area contributed by atoms with Gasteiger partial charge in [-0.25, -0.2) is 0 Å². The van der Waals surface area contributed by atoms with Crippen LogP contribution in [0.3, 0.4) is 0 Å². The predicted molar refractivity (Wildman–Crippen MR) is 57.9 cm³/mol. The maximum absolute atomic E-state index is 11.9. The number of likely N-dealkylation sites (tertiary alicyclic amines) is 1. The van der Waals surface area contributed by atoms with Gasteiger partial charge in [0.2, 0.25) is 11.8 Å². The van der Waals surface area contributed by atoms with Gasteiger partial charge in [-0.15, -0.1) is 0 Å². The Morgan fingerprint density at radius 3 is 2.76 bits per heavy atom. The molecule has 2 rings (SSSR count). The number of nitrogens with one attached hydrogen (secondary N) is 1. The third-order valence-electron chi connectivity index (χ3n) is 2.89. The Bertz CT molecular complexity index is 351. The van der Waals surface area contributed by atoms with Gasteiger partial charge in [-0.05, 0) is 19.8 Å². The van der Waals surface area contributed by atoms with Crippen molar-refractivity contribution < 1.29 is 19.1 Å². The van der Waals surface area contributed by atoms with Crippen LogP contribution in [0.25, 0.3) is 0 Å². The summed E-state index contributed by atoms with van der Waals surface area (Å²) < 4.78 is 4.74. The van der Waals surface area contributed by atoms with Gasteiger partial charge in [-0.3, -0.25) is 24.6 Å². The molecule has 1 aliphatic heterocycles. The third-order valence-corrected chi connectivity index (χ3v) is 2.89. The van der Waals surface area contributed by atoms with E-state index in [4.69, 9.17) is 4.74 Å². The van der Waals surface area contributed by atoms with E-state index >= 15 is 0 Å². The summed E-state index contributed by atoms with van der Waals surface area (Å²) in [6.45, 7) is 2.00. The van der Waals surface area contributed by atoms with E-state index in [1.807, 2.05) is 0 Å². The van der Waals surface area contributed by atoms with Crippen LogP contribution >= 0.6 is 0 Å². The molecule has 1 atom stereocenters. The quantitative estimate of drug-likeness (QED) is 0.514. The number of rotatable bonds is 5. The van der Waals surface area contributed by atoms with Gasteiger partial charge < -0.3 is 4.74 Å². The predicted octanol–water partition coefficient (Wildman–Crippen LogP) is -0.571. The van der Waals surface area contributed by atoms with Gasteiger partial charge in [0.05, 0.1) is 25.6 Å². The molecule has 1 aliphatic carbocycles. The molecule has 1 unspecified atom stereocenters. The van der Waals surface area contributed by atoms with Crippen LogP contribution in [0.5, 0.6) is 0 Å². The van der Waals surface area contributed by atoms with E-state index in [2.05, 4.69) is 5.32 Å². The third kappa shape index (κ3) is 2.63. The summed E-state index contributed by atoms with van der Waals surface area (Å²) in [6, 6.07) is -0.461. The molecule has 1 heterocycles. The molecule has 1 saturated carbocycles. The molecule has 1 N–H and O–H groups in total. The topological polar surface area (TPSA) is 75.7 Å². The maximum atomic E-state index is 11.9. The molecular weight excluding hydrogens is 224 g/mol. The number of esters is 1. The minimum Gasteiger partial charge on any atom is -0.465 e. The fourth-order valence-electron chi connectivity index (χ4n) is 1.95. The van der Waals surface area contributed by atoms with Crippen molar-refractivity contribution >= 4 is 17.8 Å². The summed E-state index contributed by atoms with van der Waals surface area (Å²) in [6.07, 6.45) is 1.96. The first-order chi connectivity index (χ1) is 8.13. The first kappa shape index (κ1) is 12.0. The number of nitrogens with zero attached hydrogens (tertiary/aromatic N) is 1. The highest BCUT2D eigenvalue weighted by molar-refractivity contribution is 6.06. The summed E-state index contributed by atoms with van der Waals surface area (Å²) in [5.74, 6) is -0.752. The molecule has 0 bridgehead atoms. The van der Waals surface area contributed by atoms with Crippen molar-refractivity contribution in [1.82, 2.24) is 10.2 Å². The van der Waals surface area contributed by atoms with Gasteiger partial charge in [0.25, 0.3) is 0 Å². The standard InChI is InChI=1S/C11H16N2O4/c1-2-17-10(15)6-12-8-5-9(14)13(11(8)16)7-3-4-7/h7-8,12H,2-6H2,1H3. The molecule has 2 aliphatic rings. The fourth-order valence-corrected chi connectivity index (χ4v) is 1.95. The Morgan fingerprint density at radius 2 is 2.18 bits per heavy atom. The Hall–Kier alpha value is -1.43. The number of carbonyl (C=O) groups excluding carboxylic acids is 3. The van der Waals surface area contributed by atoms with Gasteiger partial charge in [0, 0.05) is 6.04 Å². The van der Waals surface area contributed by atoms with Gasteiger partial charge in [-0.2, -0.15) is 0 Å². The number of hydrogen-bond donors (Lipinski definition) is 1. The van der Waals surface area contributed by atoms with Crippen LogP contribution in [0.1, 0.15) is 26.2 Å². The van der Waals surface area contributed by atoms with Gasteiger partial charge in [0.15, 0.2) is 0 Å². The number of imide groups is 1. The normalized spacial score (nSPS) is 24.3. The van der Waals surface area contributed by atoms with Gasteiger partial charge >= 0.3 is 5.97 Å². The highest BCUT2D eigenvalue weighted by Crippen LogP contribution is 2.31. The van der Waals surface area contributed by atoms with E-state index in [0.717, 1.165) is 12.8 Å². The lowest BCUT2D eigenvalue weighted by Crippen LogP contribution is -2.41. The minimum absolute atomic E-state index is 0.0317. The summed E-state index contributed by atoms with van der Waals surface area (Å²) in [7, 11) is 0. The lowest BCUT2D eigenvalue weighted by Gasteiger charge is -2.13. The SMILES string of the molecule is CCOC(=O)CNC1CC(=O)N(C2CC2)C1=O. The minimum atomic E-state index is -0.562. The monoisotopic (exact) mass is 240 g/mol. The molecule has 1 saturated heterocycles. The number of hydrogen-bond acceptors (Lipinski definition) is 5. The molecule has 0 spiro atoms. The molecule has 0 aromatic heterocycles. The van der Waals surface area contributed by atoms with Crippen LogP contribution in [-0.2, 0) is 19.1 Å². The van der Waals surface area contributed by atoms with Crippen molar-refractivity contribution in [3.8, 4) is 0 Å². The Balaban J connectivity index is 1.84. The Kier molecular flexibility index (Phi) is 3.42. The molecular formula is C11H16N2O4. The highest BCUT2D eigenvalue weighted by atomic mass is 16.5. The second-order valence-corrected chi connectivity index (χ2v) is 4.28. The zero-order chi connectivity index (χ0) is 12.4. The summed E-state index contributed by atoms with van der Waals surface area (Å²) in [5.41, 5.74) is 0. The van der Waals surface area contributed by atoms with Crippen molar-refractivity contribution in [2.75, 3.05) is 13.2 Å². The summed E-state index contributed by atoms with van der Waals surface area (Å²) >= 11 is 0. The van der Waals surface area contributed by atoms with Gasteiger partial charge in [-0.1, -0.05) is 0 Å². The fraction of sp³-hybridized carbons (Fsp3) is 0.727. The smallest absolute Gasteiger partial charge is 0.319 e. The maximum Gasteiger partial charge on any atom is 0.319 e. The van der Waals surface area contributed by atoms with E-state index in [1.165, 1.54) is 4.90 Å². The molecule has 94 valence electrons. The number of amides is 2. The largest absolute Gasteiger partial charge is 0.465 e. The van der Waals surface area contributed by atoms with Crippen LogP contribution in [-0.4, -0.2) is 47.9 Å². The van der Waals surface area contributed by atoms with Crippen LogP contribution in [0.15, 0.2) is 0 Å². The van der Waals surface area contributed by atoms with Gasteiger partial charge in [0.1, 0.15) is 0 Å². The Labute approximate surface area is 99.3 Å². The molecule has 0 aromatic carbocycles. The van der Waals surface area contributed by atoms with E-state index < -0.39 is 12.0 Å². The van der Waals surface area contributed by atoms with E-state index in [9.17, 15) is 14.4 Å². The van der Waals surface area contributed by atoms with E-state index in [1.54, 1.807) is 6.92 Å². The average Bonchev–Trinajstić information content (AvgIpc) is 3.05. The molecule has 6 nitrogen and oxygen atoms in total. The van der Waals surface area contributed by atoms with Crippen LogP contribution < -0.4 is 5.32 Å². The summed E-state index contributed by atoms with van der Waals surface area (Å²) in [5, 5.41) is 2.77. The van der Waals surface area contributed by atoms with Crippen LogP contribution in [0, 0.1) is 0 Å². The number of ether oxygens (including phenoxy) is 1. The van der Waals surface area contributed by atoms with Crippen LogP contribution in [0.2, 0.25) is 0 Å². The molecule has 2 fully saturated rings. The second-order valence-electron chi connectivity index (χ2n) is 4.28.